The fraction of sp³-hybridized carbons (Fsp3) is 1.00. The molecular weight excluding hydrogens is 156 g/mol. The smallest absolute Gasteiger partial charge is 0.0294 e. The van der Waals surface area contributed by atoms with Gasteiger partial charge in [-0.25, -0.2) is 0 Å². The van der Waals surface area contributed by atoms with Gasteiger partial charge in [0.05, 0.1) is 0 Å². The molecule has 78 valence electrons. The van der Waals surface area contributed by atoms with E-state index in [4.69, 9.17) is 0 Å². The lowest BCUT2D eigenvalue weighted by atomic mass is 9.64. The summed E-state index contributed by atoms with van der Waals surface area (Å²) in [6.07, 6.45) is 5.75. The van der Waals surface area contributed by atoms with E-state index in [1.165, 1.54) is 25.7 Å². The molecule has 0 atom stereocenters. The van der Waals surface area contributed by atoms with E-state index in [0.717, 1.165) is 5.41 Å². The van der Waals surface area contributed by atoms with Crippen LogP contribution in [0.4, 0.5) is 0 Å². The first kappa shape index (κ1) is 11.1. The van der Waals surface area contributed by atoms with Gasteiger partial charge in [-0.1, -0.05) is 48.0 Å². The first-order valence-corrected chi connectivity index (χ1v) is 5.72. The number of rotatable bonds is 3. The average molecular weight is 182 g/mol. The molecule has 0 spiro atoms. The van der Waals surface area contributed by atoms with Crippen LogP contribution < -0.4 is 0 Å². The van der Waals surface area contributed by atoms with Gasteiger partial charge in [-0.15, -0.1) is 0 Å². The molecule has 1 rings (SSSR count). The lowest BCUT2D eigenvalue weighted by Gasteiger charge is -2.41. The highest BCUT2D eigenvalue weighted by molar-refractivity contribution is 4.98. The van der Waals surface area contributed by atoms with E-state index >= 15 is 0 Å². The maximum absolute atomic E-state index is 2.43. The Morgan fingerprint density at radius 3 is 1.69 bits per heavy atom. The molecule has 0 heterocycles. The van der Waals surface area contributed by atoms with Crippen LogP contribution in [0.15, 0.2) is 0 Å². The Labute approximate surface area is 84.1 Å². The van der Waals surface area contributed by atoms with Crippen LogP contribution in [0.1, 0.15) is 67.2 Å². The monoisotopic (exact) mass is 182 g/mol. The first-order valence-electron chi connectivity index (χ1n) is 5.72. The summed E-state index contributed by atoms with van der Waals surface area (Å²) in [6, 6.07) is 0. The van der Waals surface area contributed by atoms with Crippen LogP contribution >= 0.6 is 0 Å². The van der Waals surface area contributed by atoms with Crippen LogP contribution in [0.5, 0.6) is 0 Å². The second-order valence-corrected chi connectivity index (χ2v) is 6.66. The molecule has 1 aliphatic rings. The molecule has 1 saturated carbocycles. The minimum atomic E-state index is 0.442. The van der Waals surface area contributed by atoms with Crippen LogP contribution in [0.2, 0.25) is 0 Å². The second-order valence-electron chi connectivity index (χ2n) is 6.66. The third-order valence-electron chi connectivity index (χ3n) is 4.55. The maximum Gasteiger partial charge on any atom is -0.0294 e. The number of hydrogen-bond acceptors (Lipinski definition) is 0. The van der Waals surface area contributed by atoms with Crippen molar-refractivity contribution in [3.63, 3.8) is 0 Å². The van der Waals surface area contributed by atoms with Crippen molar-refractivity contribution in [3.8, 4) is 0 Å². The highest BCUT2D eigenvalue weighted by Gasteiger charge is 2.47. The topological polar surface area (TPSA) is 0 Å². The van der Waals surface area contributed by atoms with Crippen molar-refractivity contribution in [3.05, 3.63) is 0 Å². The van der Waals surface area contributed by atoms with Crippen molar-refractivity contribution < 1.29 is 0 Å². The molecule has 1 fully saturated rings. The molecule has 0 amide bonds. The van der Waals surface area contributed by atoms with Crippen LogP contribution in [-0.2, 0) is 0 Å². The zero-order valence-corrected chi connectivity index (χ0v) is 10.3. The largest absolute Gasteiger partial charge is 0.0649 e. The van der Waals surface area contributed by atoms with Gasteiger partial charge in [-0.3, -0.25) is 0 Å². The van der Waals surface area contributed by atoms with Gasteiger partial charge in [0, 0.05) is 0 Å². The summed E-state index contributed by atoms with van der Waals surface area (Å²) < 4.78 is 0. The second kappa shape index (κ2) is 3.00. The summed E-state index contributed by atoms with van der Waals surface area (Å²) >= 11 is 0. The Morgan fingerprint density at radius 1 is 1.00 bits per heavy atom. The normalized spacial score (nSPS) is 21.7. The van der Waals surface area contributed by atoms with Crippen LogP contribution in [0.3, 0.4) is 0 Å². The standard InChI is InChI=1S/C13H26/c1-7-13(8-9-13)10-12(5,6)11(2,3)4/h7-10H2,1-6H3. The van der Waals surface area contributed by atoms with Crippen LogP contribution in [0, 0.1) is 16.2 Å². The minimum Gasteiger partial charge on any atom is -0.0649 e. The summed E-state index contributed by atoms with van der Waals surface area (Å²) in [5.74, 6) is 0. The lowest BCUT2D eigenvalue weighted by molar-refractivity contribution is 0.0873. The molecule has 0 unspecified atom stereocenters. The van der Waals surface area contributed by atoms with Crippen molar-refractivity contribution in [2.45, 2.75) is 67.2 Å². The SMILES string of the molecule is CCC1(CC(C)(C)C(C)(C)C)CC1. The van der Waals surface area contributed by atoms with Crippen molar-refractivity contribution >= 4 is 0 Å². The van der Waals surface area contributed by atoms with Gasteiger partial charge in [0.25, 0.3) is 0 Å². The molecule has 13 heavy (non-hydrogen) atoms. The van der Waals surface area contributed by atoms with Crippen LogP contribution in [0.25, 0.3) is 0 Å². The molecule has 1 aliphatic carbocycles. The highest BCUT2D eigenvalue weighted by Crippen LogP contribution is 2.59. The van der Waals surface area contributed by atoms with Crippen LogP contribution in [-0.4, -0.2) is 0 Å². The van der Waals surface area contributed by atoms with Gasteiger partial charge in [0.15, 0.2) is 0 Å². The predicted molar refractivity (Wildman–Crippen MR) is 59.8 cm³/mol. The maximum atomic E-state index is 2.43. The predicted octanol–water partition coefficient (Wildman–Crippen LogP) is 4.64. The summed E-state index contributed by atoms with van der Waals surface area (Å²) in [5.41, 5.74) is 1.66. The third kappa shape index (κ3) is 2.27. The highest BCUT2D eigenvalue weighted by atomic mass is 14.5. The van der Waals surface area contributed by atoms with Gasteiger partial charge in [0.1, 0.15) is 0 Å². The van der Waals surface area contributed by atoms with E-state index in [1.54, 1.807) is 0 Å². The third-order valence-corrected chi connectivity index (χ3v) is 4.55. The Bertz CT molecular complexity index is 177. The van der Waals surface area contributed by atoms with E-state index in [2.05, 4.69) is 41.5 Å². The Morgan fingerprint density at radius 2 is 1.46 bits per heavy atom. The number of hydrogen-bond donors (Lipinski definition) is 0. The molecule has 0 N–H and O–H groups in total. The molecule has 0 heteroatoms. The summed E-state index contributed by atoms with van der Waals surface area (Å²) in [6.45, 7) is 14.3. The molecule has 0 nitrogen and oxygen atoms in total. The molecule has 0 saturated heterocycles. The Hall–Kier alpha value is 0. The molecular formula is C13H26. The molecule has 0 aromatic rings. The van der Waals surface area contributed by atoms with Gasteiger partial charge in [-0.05, 0) is 35.5 Å². The Balaban J connectivity index is 2.62. The van der Waals surface area contributed by atoms with E-state index in [9.17, 15) is 0 Å². The van der Waals surface area contributed by atoms with Crippen molar-refractivity contribution in [1.82, 2.24) is 0 Å². The molecule has 0 aliphatic heterocycles. The van der Waals surface area contributed by atoms with Gasteiger partial charge < -0.3 is 0 Å². The lowest BCUT2D eigenvalue weighted by Crippen LogP contribution is -2.32. The van der Waals surface area contributed by atoms with Crippen molar-refractivity contribution in [2.24, 2.45) is 16.2 Å². The van der Waals surface area contributed by atoms with Gasteiger partial charge >= 0.3 is 0 Å². The summed E-state index contributed by atoms with van der Waals surface area (Å²) in [4.78, 5) is 0. The van der Waals surface area contributed by atoms with Crippen molar-refractivity contribution in [1.29, 1.82) is 0 Å². The molecule has 0 radical (unpaired) electrons. The zero-order chi connectivity index (χ0) is 10.3. The first-order chi connectivity index (χ1) is 5.72. The molecule has 0 aromatic carbocycles. The summed E-state index contributed by atoms with van der Waals surface area (Å²) in [7, 11) is 0. The molecule has 0 bridgehead atoms. The minimum absolute atomic E-state index is 0.442. The fourth-order valence-corrected chi connectivity index (χ4v) is 2.03. The van der Waals surface area contributed by atoms with E-state index < -0.39 is 0 Å². The van der Waals surface area contributed by atoms with E-state index in [-0.39, 0.29) is 0 Å². The van der Waals surface area contributed by atoms with Crippen molar-refractivity contribution in [2.75, 3.05) is 0 Å². The summed E-state index contributed by atoms with van der Waals surface area (Å²) in [5, 5.41) is 0. The Kier molecular flexibility index (Phi) is 2.56. The zero-order valence-electron chi connectivity index (χ0n) is 10.3. The fourth-order valence-electron chi connectivity index (χ4n) is 2.03. The van der Waals surface area contributed by atoms with Gasteiger partial charge in [-0.2, -0.15) is 0 Å². The molecule has 0 aromatic heterocycles. The van der Waals surface area contributed by atoms with E-state index in [0.29, 0.717) is 10.8 Å². The van der Waals surface area contributed by atoms with E-state index in [1.807, 2.05) is 0 Å². The quantitative estimate of drug-likeness (QED) is 0.596. The average Bonchev–Trinajstić information content (AvgIpc) is 2.66. The van der Waals surface area contributed by atoms with Gasteiger partial charge in [0.2, 0.25) is 0 Å².